The molecule has 0 bridgehead atoms. The van der Waals surface area contributed by atoms with Crippen molar-refractivity contribution >= 4 is 11.7 Å². The van der Waals surface area contributed by atoms with Gasteiger partial charge in [-0.3, -0.25) is 9.89 Å². The Morgan fingerprint density at radius 2 is 2.47 bits per heavy atom. The van der Waals surface area contributed by atoms with Crippen LogP contribution in [0.4, 0.5) is 5.82 Å². The lowest BCUT2D eigenvalue weighted by atomic mass is 10.2. The number of carbonyl (C=O) groups excluding carboxylic acids is 1. The summed E-state index contributed by atoms with van der Waals surface area (Å²) >= 11 is 0. The summed E-state index contributed by atoms with van der Waals surface area (Å²) in [7, 11) is 1.50. The first-order chi connectivity index (χ1) is 7.17. The lowest BCUT2D eigenvalue weighted by Crippen LogP contribution is -2.26. The van der Waals surface area contributed by atoms with Crippen LogP contribution in [-0.2, 0) is 16.0 Å². The van der Waals surface area contributed by atoms with Crippen LogP contribution in [0.25, 0.3) is 0 Å². The monoisotopic (exact) mass is 211 g/mol. The van der Waals surface area contributed by atoms with Crippen LogP contribution < -0.4 is 5.32 Å². The Morgan fingerprint density at radius 1 is 1.73 bits per heavy atom. The molecule has 0 saturated heterocycles. The van der Waals surface area contributed by atoms with Crippen LogP contribution in [0.3, 0.4) is 0 Å². The van der Waals surface area contributed by atoms with Crippen LogP contribution in [0.2, 0.25) is 0 Å². The highest BCUT2D eigenvalue weighted by Crippen LogP contribution is 2.07. The van der Waals surface area contributed by atoms with Crippen LogP contribution in [0.15, 0.2) is 6.07 Å². The zero-order valence-corrected chi connectivity index (χ0v) is 9.33. The molecule has 0 fully saturated rings. The van der Waals surface area contributed by atoms with E-state index in [0.29, 0.717) is 5.82 Å². The minimum absolute atomic E-state index is 0.188. The smallest absolute Gasteiger partial charge is 0.254 e. The first-order valence-corrected chi connectivity index (χ1v) is 5.05. The molecule has 1 unspecified atom stereocenters. The van der Waals surface area contributed by atoms with E-state index in [2.05, 4.69) is 22.4 Å². The third-order valence-electron chi connectivity index (χ3n) is 2.12. The highest BCUT2D eigenvalue weighted by molar-refractivity contribution is 5.93. The zero-order valence-electron chi connectivity index (χ0n) is 9.33. The first kappa shape index (κ1) is 11.7. The number of hydrogen-bond donors (Lipinski definition) is 2. The third kappa shape index (κ3) is 3.36. The van der Waals surface area contributed by atoms with Gasteiger partial charge in [0.2, 0.25) is 0 Å². The maximum absolute atomic E-state index is 11.4. The highest BCUT2D eigenvalue weighted by atomic mass is 16.5. The Morgan fingerprint density at radius 3 is 3.07 bits per heavy atom. The third-order valence-corrected chi connectivity index (χ3v) is 2.12. The number of carbonyl (C=O) groups is 1. The molecule has 15 heavy (non-hydrogen) atoms. The summed E-state index contributed by atoms with van der Waals surface area (Å²) in [5.41, 5.74) is 1.03. The molecule has 1 heterocycles. The average molecular weight is 211 g/mol. The normalized spacial score (nSPS) is 12.5. The van der Waals surface area contributed by atoms with E-state index in [9.17, 15) is 4.79 Å². The fourth-order valence-electron chi connectivity index (χ4n) is 1.16. The molecule has 84 valence electrons. The molecule has 0 saturated carbocycles. The number of hydrogen-bond acceptors (Lipinski definition) is 3. The molecule has 0 radical (unpaired) electrons. The van der Waals surface area contributed by atoms with Gasteiger partial charge in [-0.2, -0.15) is 5.10 Å². The van der Waals surface area contributed by atoms with Crippen LogP contribution in [0, 0.1) is 0 Å². The molecule has 1 atom stereocenters. The van der Waals surface area contributed by atoms with Gasteiger partial charge in [-0.25, -0.2) is 0 Å². The number of amides is 1. The van der Waals surface area contributed by atoms with Crippen LogP contribution in [0.1, 0.15) is 26.0 Å². The van der Waals surface area contributed by atoms with Crippen molar-refractivity contribution in [3.8, 4) is 0 Å². The van der Waals surface area contributed by atoms with E-state index in [0.717, 1.165) is 18.5 Å². The molecule has 0 aliphatic rings. The summed E-state index contributed by atoms with van der Waals surface area (Å²) in [4.78, 5) is 11.4. The number of H-pyrrole nitrogens is 1. The molecule has 5 nitrogen and oxygen atoms in total. The Balaban J connectivity index is 2.53. The molecule has 0 aliphatic heterocycles. The topological polar surface area (TPSA) is 67.0 Å². The van der Waals surface area contributed by atoms with Crippen LogP contribution in [0.5, 0.6) is 0 Å². The average Bonchev–Trinajstić information content (AvgIpc) is 2.65. The number of anilines is 1. The molecule has 0 spiro atoms. The molecular weight excluding hydrogens is 194 g/mol. The molecule has 1 amide bonds. The van der Waals surface area contributed by atoms with Gasteiger partial charge in [0, 0.05) is 18.9 Å². The molecule has 1 rings (SSSR count). The molecular formula is C10H17N3O2. The van der Waals surface area contributed by atoms with Gasteiger partial charge in [-0.15, -0.1) is 0 Å². The Bertz CT molecular complexity index is 322. The van der Waals surface area contributed by atoms with Crippen molar-refractivity contribution in [1.29, 1.82) is 0 Å². The van der Waals surface area contributed by atoms with E-state index in [-0.39, 0.29) is 5.91 Å². The van der Waals surface area contributed by atoms with Crippen molar-refractivity contribution in [1.82, 2.24) is 10.2 Å². The lowest BCUT2D eigenvalue weighted by Gasteiger charge is -2.07. The van der Waals surface area contributed by atoms with E-state index in [1.165, 1.54) is 7.11 Å². The number of aryl methyl sites for hydroxylation is 1. The summed E-state index contributed by atoms with van der Waals surface area (Å²) in [6, 6.07) is 1.84. The van der Waals surface area contributed by atoms with Gasteiger partial charge in [0.1, 0.15) is 6.10 Å². The number of methoxy groups -OCH3 is 1. The number of aromatic nitrogens is 2. The quantitative estimate of drug-likeness (QED) is 0.772. The molecule has 1 aromatic heterocycles. The van der Waals surface area contributed by atoms with Gasteiger partial charge >= 0.3 is 0 Å². The van der Waals surface area contributed by atoms with Crippen molar-refractivity contribution in [3.63, 3.8) is 0 Å². The minimum Gasteiger partial charge on any atom is -0.372 e. The highest BCUT2D eigenvalue weighted by Gasteiger charge is 2.12. The van der Waals surface area contributed by atoms with E-state index in [1.807, 2.05) is 6.07 Å². The van der Waals surface area contributed by atoms with Gasteiger partial charge in [0.15, 0.2) is 5.82 Å². The number of aromatic amines is 1. The maximum Gasteiger partial charge on any atom is 0.254 e. The van der Waals surface area contributed by atoms with Gasteiger partial charge < -0.3 is 10.1 Å². The second-order valence-electron chi connectivity index (χ2n) is 3.40. The zero-order chi connectivity index (χ0) is 11.3. The second-order valence-corrected chi connectivity index (χ2v) is 3.40. The van der Waals surface area contributed by atoms with Crippen LogP contribution >= 0.6 is 0 Å². The van der Waals surface area contributed by atoms with Gasteiger partial charge in [0.25, 0.3) is 5.91 Å². The molecule has 5 heteroatoms. The fraction of sp³-hybridized carbons (Fsp3) is 0.600. The van der Waals surface area contributed by atoms with Gasteiger partial charge in [0.05, 0.1) is 0 Å². The summed E-state index contributed by atoms with van der Waals surface area (Å²) in [6.07, 6.45) is 1.52. The largest absolute Gasteiger partial charge is 0.372 e. The Hall–Kier alpha value is -1.36. The standard InChI is InChI=1S/C10H17N3O2/c1-4-5-8-6-9(13-12-8)11-10(14)7(2)15-3/h6-7H,4-5H2,1-3H3,(H2,11,12,13,14). The second kappa shape index (κ2) is 5.50. The Labute approximate surface area is 89.2 Å². The number of nitrogens with zero attached hydrogens (tertiary/aromatic N) is 1. The lowest BCUT2D eigenvalue weighted by molar-refractivity contribution is -0.124. The SMILES string of the molecule is CCCc1cc(NC(=O)C(C)OC)n[nH]1. The molecule has 1 aromatic rings. The predicted molar refractivity (Wildman–Crippen MR) is 57.7 cm³/mol. The van der Waals surface area contributed by atoms with E-state index < -0.39 is 6.10 Å². The van der Waals surface area contributed by atoms with Crippen molar-refractivity contribution in [2.24, 2.45) is 0 Å². The van der Waals surface area contributed by atoms with E-state index in [1.54, 1.807) is 6.92 Å². The summed E-state index contributed by atoms with van der Waals surface area (Å²) in [5, 5.41) is 9.51. The van der Waals surface area contributed by atoms with Gasteiger partial charge in [-0.1, -0.05) is 13.3 Å². The van der Waals surface area contributed by atoms with Crippen molar-refractivity contribution in [2.75, 3.05) is 12.4 Å². The predicted octanol–water partition coefficient (Wildman–Crippen LogP) is 1.34. The van der Waals surface area contributed by atoms with Crippen molar-refractivity contribution in [3.05, 3.63) is 11.8 Å². The van der Waals surface area contributed by atoms with Crippen LogP contribution in [-0.4, -0.2) is 29.3 Å². The molecule has 0 aliphatic carbocycles. The number of nitrogens with one attached hydrogen (secondary N) is 2. The summed E-state index contributed by atoms with van der Waals surface area (Å²) < 4.78 is 4.89. The number of rotatable bonds is 5. The number of ether oxygens (including phenoxy) is 1. The first-order valence-electron chi connectivity index (χ1n) is 5.05. The van der Waals surface area contributed by atoms with Crippen molar-refractivity contribution in [2.45, 2.75) is 32.8 Å². The van der Waals surface area contributed by atoms with E-state index >= 15 is 0 Å². The summed E-state index contributed by atoms with van der Waals surface area (Å²) in [6.45, 7) is 3.78. The van der Waals surface area contributed by atoms with Gasteiger partial charge in [-0.05, 0) is 13.3 Å². The molecule has 0 aromatic carbocycles. The minimum atomic E-state index is -0.462. The Kier molecular flexibility index (Phi) is 4.30. The molecule has 2 N–H and O–H groups in total. The fourth-order valence-corrected chi connectivity index (χ4v) is 1.16. The van der Waals surface area contributed by atoms with Crippen molar-refractivity contribution < 1.29 is 9.53 Å². The summed E-state index contributed by atoms with van der Waals surface area (Å²) in [5.74, 6) is 0.361. The van der Waals surface area contributed by atoms with E-state index in [4.69, 9.17) is 4.74 Å². The maximum atomic E-state index is 11.4.